The molecule has 1 atom stereocenters. The van der Waals surface area contributed by atoms with Crippen molar-refractivity contribution in [2.75, 3.05) is 24.7 Å². The summed E-state index contributed by atoms with van der Waals surface area (Å²) >= 11 is 2.86. The number of aromatic nitrogens is 2. The van der Waals surface area contributed by atoms with Crippen molar-refractivity contribution in [2.45, 2.75) is 30.1 Å². The van der Waals surface area contributed by atoms with E-state index in [-0.39, 0.29) is 5.91 Å². The number of nitrogens with zero attached hydrogens (tertiary/aromatic N) is 2. The van der Waals surface area contributed by atoms with Gasteiger partial charge in [-0.2, -0.15) is 0 Å². The van der Waals surface area contributed by atoms with Gasteiger partial charge in [-0.05, 0) is 29.7 Å². The molecule has 0 aliphatic heterocycles. The number of rotatable bonds is 11. The lowest BCUT2D eigenvalue weighted by atomic mass is 9.96. The molecule has 1 amide bonds. The molecule has 2 N–H and O–H groups in total. The zero-order valence-electron chi connectivity index (χ0n) is 17.1. The van der Waals surface area contributed by atoms with Crippen LogP contribution in [0.5, 0.6) is 5.75 Å². The van der Waals surface area contributed by atoms with E-state index in [1.807, 2.05) is 42.5 Å². The Morgan fingerprint density at radius 2 is 1.90 bits per heavy atom. The molecule has 0 saturated carbocycles. The Bertz CT molecular complexity index is 916. The summed E-state index contributed by atoms with van der Waals surface area (Å²) < 4.78 is 5.94. The van der Waals surface area contributed by atoms with Crippen LogP contribution >= 0.6 is 23.1 Å². The maximum atomic E-state index is 12.2. The van der Waals surface area contributed by atoms with E-state index >= 15 is 0 Å². The fourth-order valence-corrected chi connectivity index (χ4v) is 4.48. The molecule has 0 radical (unpaired) electrons. The molecule has 1 aromatic heterocycles. The molecule has 0 bridgehead atoms. The molecule has 0 saturated heterocycles. The molecule has 1 unspecified atom stereocenters. The summed E-state index contributed by atoms with van der Waals surface area (Å²) in [6, 6.07) is 18.2. The summed E-state index contributed by atoms with van der Waals surface area (Å²) in [7, 11) is 1.65. The van der Waals surface area contributed by atoms with E-state index in [1.54, 1.807) is 7.11 Å². The van der Waals surface area contributed by atoms with Gasteiger partial charge in [0.05, 0.1) is 12.9 Å². The standard InChI is InChI=1S/C22H26N4O2S2/c1-3-17(18-7-5-4-6-8-18)14-23-20(27)15-29-22-26-25-21(30-22)24-13-16-9-11-19(28-2)12-10-16/h4-12,17H,3,13-15H2,1-2H3,(H,23,27)(H,24,25). The molecule has 3 rings (SSSR count). The monoisotopic (exact) mass is 442 g/mol. The second kappa shape index (κ2) is 11.6. The molecule has 2 aromatic carbocycles. The van der Waals surface area contributed by atoms with Gasteiger partial charge in [-0.3, -0.25) is 4.79 Å². The zero-order chi connectivity index (χ0) is 21.2. The van der Waals surface area contributed by atoms with E-state index in [1.165, 1.54) is 28.7 Å². The van der Waals surface area contributed by atoms with Crippen molar-refractivity contribution < 1.29 is 9.53 Å². The first kappa shape index (κ1) is 22.1. The molecule has 0 spiro atoms. The van der Waals surface area contributed by atoms with Crippen LogP contribution in [0.15, 0.2) is 58.9 Å². The molecule has 3 aromatic rings. The normalized spacial score (nSPS) is 11.7. The summed E-state index contributed by atoms with van der Waals surface area (Å²) in [5.41, 5.74) is 2.38. The van der Waals surface area contributed by atoms with Gasteiger partial charge < -0.3 is 15.4 Å². The Balaban J connectivity index is 1.40. The highest BCUT2D eigenvalue weighted by atomic mass is 32.2. The smallest absolute Gasteiger partial charge is 0.230 e. The summed E-state index contributed by atoms with van der Waals surface area (Å²) in [6.45, 7) is 3.44. The van der Waals surface area contributed by atoms with E-state index in [0.717, 1.165) is 27.2 Å². The second-order valence-corrected chi connectivity index (χ2v) is 8.88. The van der Waals surface area contributed by atoms with Crippen LogP contribution in [0, 0.1) is 0 Å². The third-order valence-corrected chi connectivity index (χ3v) is 6.66. The van der Waals surface area contributed by atoms with E-state index in [4.69, 9.17) is 4.74 Å². The molecule has 0 fully saturated rings. The van der Waals surface area contributed by atoms with Crippen molar-refractivity contribution in [3.63, 3.8) is 0 Å². The van der Waals surface area contributed by atoms with Gasteiger partial charge in [-0.25, -0.2) is 0 Å². The number of hydrogen-bond donors (Lipinski definition) is 2. The van der Waals surface area contributed by atoms with Crippen molar-refractivity contribution in [1.29, 1.82) is 0 Å². The van der Waals surface area contributed by atoms with Crippen LogP contribution in [-0.2, 0) is 11.3 Å². The Hall–Kier alpha value is -2.58. The summed E-state index contributed by atoms with van der Waals surface area (Å²) in [4.78, 5) is 12.2. The number of hydrogen-bond acceptors (Lipinski definition) is 7. The van der Waals surface area contributed by atoms with Gasteiger partial charge in [-0.1, -0.05) is 72.5 Å². The number of amides is 1. The first-order chi connectivity index (χ1) is 14.7. The van der Waals surface area contributed by atoms with Gasteiger partial charge in [0.25, 0.3) is 0 Å². The Morgan fingerprint density at radius 1 is 1.13 bits per heavy atom. The van der Waals surface area contributed by atoms with Gasteiger partial charge in [0.15, 0.2) is 4.34 Å². The van der Waals surface area contributed by atoms with Crippen LogP contribution in [0.4, 0.5) is 5.13 Å². The van der Waals surface area contributed by atoms with E-state index < -0.39 is 0 Å². The molecule has 0 aliphatic carbocycles. The third kappa shape index (κ3) is 6.74. The molecular formula is C22H26N4O2S2. The predicted octanol–water partition coefficient (Wildman–Crippen LogP) is 4.56. The highest BCUT2D eigenvalue weighted by Gasteiger charge is 2.12. The topological polar surface area (TPSA) is 76.1 Å². The SMILES string of the molecule is CCC(CNC(=O)CSc1nnc(NCc2ccc(OC)cc2)s1)c1ccccc1. The van der Waals surface area contributed by atoms with Crippen LogP contribution in [0.25, 0.3) is 0 Å². The number of thioether (sulfide) groups is 1. The number of anilines is 1. The van der Waals surface area contributed by atoms with Crippen molar-refractivity contribution in [3.8, 4) is 5.75 Å². The summed E-state index contributed by atoms with van der Waals surface area (Å²) in [5.74, 6) is 1.51. The largest absolute Gasteiger partial charge is 0.497 e. The van der Waals surface area contributed by atoms with Crippen molar-refractivity contribution >= 4 is 34.1 Å². The van der Waals surface area contributed by atoms with Crippen molar-refractivity contribution in [2.24, 2.45) is 0 Å². The first-order valence-electron chi connectivity index (χ1n) is 9.82. The van der Waals surface area contributed by atoms with Crippen LogP contribution in [0.3, 0.4) is 0 Å². The number of benzene rings is 2. The Labute approximate surface area is 185 Å². The minimum Gasteiger partial charge on any atom is -0.497 e. The quantitative estimate of drug-likeness (QED) is 0.424. The highest BCUT2D eigenvalue weighted by molar-refractivity contribution is 8.01. The average molecular weight is 443 g/mol. The third-order valence-electron chi connectivity index (χ3n) is 4.65. The van der Waals surface area contributed by atoms with Gasteiger partial charge in [0, 0.05) is 19.0 Å². The molecule has 30 heavy (non-hydrogen) atoms. The first-order valence-corrected chi connectivity index (χ1v) is 11.6. The second-order valence-electron chi connectivity index (χ2n) is 6.68. The van der Waals surface area contributed by atoms with Crippen LogP contribution in [0.2, 0.25) is 0 Å². The van der Waals surface area contributed by atoms with E-state index in [0.29, 0.717) is 24.8 Å². The van der Waals surface area contributed by atoms with Crippen LogP contribution in [0.1, 0.15) is 30.4 Å². The molecule has 158 valence electrons. The van der Waals surface area contributed by atoms with Gasteiger partial charge in [-0.15, -0.1) is 10.2 Å². The lowest BCUT2D eigenvalue weighted by Gasteiger charge is -2.16. The number of carbonyl (C=O) groups is 1. The Morgan fingerprint density at radius 3 is 2.60 bits per heavy atom. The average Bonchev–Trinajstić information content (AvgIpc) is 3.25. The van der Waals surface area contributed by atoms with Gasteiger partial charge in [0.1, 0.15) is 5.75 Å². The van der Waals surface area contributed by atoms with E-state index in [9.17, 15) is 4.79 Å². The highest BCUT2D eigenvalue weighted by Crippen LogP contribution is 2.26. The van der Waals surface area contributed by atoms with Gasteiger partial charge >= 0.3 is 0 Å². The fraction of sp³-hybridized carbons (Fsp3) is 0.318. The minimum absolute atomic E-state index is 0.0114. The van der Waals surface area contributed by atoms with Crippen molar-refractivity contribution in [1.82, 2.24) is 15.5 Å². The number of methoxy groups -OCH3 is 1. The minimum atomic E-state index is 0.0114. The number of carbonyl (C=O) groups excluding carboxylic acids is 1. The predicted molar refractivity (Wildman–Crippen MR) is 123 cm³/mol. The zero-order valence-corrected chi connectivity index (χ0v) is 18.8. The lowest BCUT2D eigenvalue weighted by Crippen LogP contribution is -2.29. The van der Waals surface area contributed by atoms with Crippen LogP contribution in [-0.4, -0.2) is 35.5 Å². The van der Waals surface area contributed by atoms with Crippen molar-refractivity contribution in [3.05, 3.63) is 65.7 Å². The summed E-state index contributed by atoms with van der Waals surface area (Å²) in [5, 5.41) is 15.3. The summed E-state index contributed by atoms with van der Waals surface area (Å²) in [6.07, 6.45) is 0.983. The fourth-order valence-electron chi connectivity index (χ4n) is 2.90. The molecule has 1 heterocycles. The molecule has 8 heteroatoms. The lowest BCUT2D eigenvalue weighted by molar-refractivity contribution is -0.118. The number of ether oxygens (including phenoxy) is 1. The molecule has 0 aliphatic rings. The number of nitrogens with one attached hydrogen (secondary N) is 2. The van der Waals surface area contributed by atoms with Gasteiger partial charge in [0.2, 0.25) is 11.0 Å². The molecule has 6 nitrogen and oxygen atoms in total. The Kier molecular flexibility index (Phi) is 8.53. The molecular weight excluding hydrogens is 416 g/mol. The van der Waals surface area contributed by atoms with Crippen LogP contribution < -0.4 is 15.4 Å². The maximum absolute atomic E-state index is 12.2. The maximum Gasteiger partial charge on any atom is 0.230 e. The van der Waals surface area contributed by atoms with E-state index in [2.05, 4.69) is 39.9 Å².